The highest BCUT2D eigenvalue weighted by molar-refractivity contribution is 5.87. The van der Waals surface area contributed by atoms with Gasteiger partial charge in [0.2, 0.25) is 0 Å². The van der Waals surface area contributed by atoms with Gasteiger partial charge in [-0.3, -0.25) is 9.98 Å². The fourth-order valence-corrected chi connectivity index (χ4v) is 4.33. The first-order valence-corrected chi connectivity index (χ1v) is 16.0. The Balaban J connectivity index is 1.53. The van der Waals surface area contributed by atoms with Crippen molar-refractivity contribution in [3.05, 3.63) is 47.5 Å². The molecule has 2 rings (SSSR count). The highest BCUT2D eigenvalue weighted by Crippen LogP contribution is 2.27. The number of nitrogens with zero attached hydrogens (tertiary/aromatic N) is 2. The summed E-state index contributed by atoms with van der Waals surface area (Å²) < 4.78 is 11.8. The van der Waals surface area contributed by atoms with Gasteiger partial charge >= 0.3 is 0 Å². The second-order valence-corrected chi connectivity index (χ2v) is 10.5. The summed E-state index contributed by atoms with van der Waals surface area (Å²) in [6, 6.07) is 10.7. The molecule has 0 amide bonds. The summed E-state index contributed by atoms with van der Waals surface area (Å²) >= 11 is 0. The molecule has 8 nitrogen and oxygen atoms in total. The minimum atomic E-state index is 0.199. The normalized spacial score (nSPS) is 11.6. The van der Waals surface area contributed by atoms with Crippen molar-refractivity contribution in [3.8, 4) is 23.0 Å². The van der Waals surface area contributed by atoms with Crippen LogP contribution in [0.4, 0.5) is 0 Å². The van der Waals surface area contributed by atoms with Gasteiger partial charge in [-0.05, 0) is 63.0 Å². The van der Waals surface area contributed by atoms with Gasteiger partial charge < -0.3 is 30.3 Å². The van der Waals surface area contributed by atoms with E-state index in [1.165, 1.54) is 25.7 Å². The molecule has 0 unspecified atom stereocenters. The van der Waals surface area contributed by atoms with Crippen LogP contribution in [0.5, 0.6) is 23.0 Å². The third kappa shape index (κ3) is 15.2. The lowest BCUT2D eigenvalue weighted by molar-refractivity contribution is 0.303. The first-order chi connectivity index (χ1) is 20.7. The summed E-state index contributed by atoms with van der Waals surface area (Å²) in [5.74, 6) is 1.78. The molecule has 42 heavy (non-hydrogen) atoms. The Hall–Kier alpha value is -3.10. The first kappa shape index (κ1) is 35.1. The van der Waals surface area contributed by atoms with Crippen molar-refractivity contribution in [3.63, 3.8) is 0 Å². The third-order valence-electron chi connectivity index (χ3n) is 6.80. The van der Waals surface area contributed by atoms with E-state index in [0.29, 0.717) is 48.9 Å². The number of hydrogen-bond donors (Lipinski definition) is 4. The summed E-state index contributed by atoms with van der Waals surface area (Å²) in [6.07, 6.45) is 14.5. The Bertz CT molecular complexity index is 947. The number of aliphatic imine (C=N–C) groups is 2. The van der Waals surface area contributed by atoms with Gasteiger partial charge in [0.1, 0.15) is 23.0 Å². The quantitative estimate of drug-likeness (QED) is 0.0785. The monoisotopic (exact) mass is 582 g/mol. The highest BCUT2D eigenvalue weighted by Gasteiger charge is 2.08. The Labute approximate surface area is 253 Å². The Morgan fingerprint density at radius 2 is 1.05 bits per heavy atom. The fourth-order valence-electron chi connectivity index (χ4n) is 4.33. The van der Waals surface area contributed by atoms with E-state index < -0.39 is 0 Å². The Morgan fingerprint density at radius 3 is 1.48 bits per heavy atom. The van der Waals surface area contributed by atoms with Crippen molar-refractivity contribution < 1.29 is 19.7 Å². The summed E-state index contributed by atoms with van der Waals surface area (Å²) in [6.45, 7) is 10.6. The van der Waals surface area contributed by atoms with E-state index in [4.69, 9.17) is 9.47 Å². The lowest BCUT2D eigenvalue weighted by Gasteiger charge is -2.10. The number of aromatic hydroxyl groups is 2. The molecule has 0 bridgehead atoms. The molecule has 4 N–H and O–H groups in total. The second-order valence-electron chi connectivity index (χ2n) is 10.5. The number of benzene rings is 2. The van der Waals surface area contributed by atoms with E-state index in [0.717, 1.165) is 64.7 Å². The molecule has 0 aliphatic carbocycles. The molecule has 0 fully saturated rings. The number of hydrogen-bond acceptors (Lipinski definition) is 8. The van der Waals surface area contributed by atoms with Crippen LogP contribution in [0.25, 0.3) is 0 Å². The predicted octanol–water partition coefficient (Wildman–Crippen LogP) is 6.51. The van der Waals surface area contributed by atoms with Crippen molar-refractivity contribution in [1.82, 2.24) is 10.6 Å². The molecule has 2 aromatic carbocycles. The Morgan fingerprint density at radius 1 is 0.595 bits per heavy atom. The molecule has 0 aromatic heterocycles. The van der Waals surface area contributed by atoms with E-state index >= 15 is 0 Å². The van der Waals surface area contributed by atoms with Crippen molar-refractivity contribution in [2.75, 3.05) is 52.5 Å². The van der Waals surface area contributed by atoms with Crippen LogP contribution in [0, 0.1) is 0 Å². The highest BCUT2D eigenvalue weighted by atomic mass is 16.5. The number of phenolic OH excluding ortho intramolecular Hbond substituents is 2. The smallest absolute Gasteiger partial charge is 0.131 e. The third-order valence-corrected chi connectivity index (χ3v) is 6.80. The lowest BCUT2D eigenvalue weighted by atomic mass is 10.2. The van der Waals surface area contributed by atoms with Gasteiger partial charge in [-0.25, -0.2) is 0 Å². The van der Waals surface area contributed by atoms with Crippen LogP contribution in [0.2, 0.25) is 0 Å². The molecule has 0 saturated heterocycles. The van der Waals surface area contributed by atoms with E-state index in [9.17, 15) is 10.2 Å². The molecule has 0 aliphatic rings. The van der Waals surface area contributed by atoms with Crippen LogP contribution >= 0.6 is 0 Å². The van der Waals surface area contributed by atoms with Crippen molar-refractivity contribution >= 4 is 12.4 Å². The zero-order valence-electron chi connectivity index (χ0n) is 26.0. The van der Waals surface area contributed by atoms with Gasteiger partial charge in [0.15, 0.2) is 0 Å². The van der Waals surface area contributed by atoms with Gasteiger partial charge in [0.25, 0.3) is 0 Å². The topological polar surface area (TPSA) is 108 Å². The molecule has 0 spiro atoms. The van der Waals surface area contributed by atoms with Crippen LogP contribution in [-0.2, 0) is 0 Å². The van der Waals surface area contributed by atoms with Gasteiger partial charge in [-0.2, -0.15) is 0 Å². The maximum atomic E-state index is 10.2. The van der Waals surface area contributed by atoms with Crippen molar-refractivity contribution in [1.29, 1.82) is 0 Å². The second kappa shape index (κ2) is 23.5. The zero-order valence-corrected chi connectivity index (χ0v) is 26.0. The average Bonchev–Trinajstić information content (AvgIpc) is 2.99. The largest absolute Gasteiger partial charge is 0.507 e. The predicted molar refractivity (Wildman–Crippen MR) is 175 cm³/mol. The molecule has 0 heterocycles. The molecular formula is C34H54N4O4. The fraction of sp³-hybridized carbons (Fsp3) is 0.588. The van der Waals surface area contributed by atoms with Crippen LogP contribution in [0.1, 0.15) is 89.2 Å². The van der Waals surface area contributed by atoms with E-state index in [-0.39, 0.29) is 11.5 Å². The summed E-state index contributed by atoms with van der Waals surface area (Å²) in [7, 11) is 0. The standard InChI is InChI=1S/C34H54N4O4/c1-3-5-7-9-25-41-33-17-11-15-31(39)29(33)27-37-21-13-19-35-23-24-36-20-14-22-38-28-30-32(40)16-12-18-34(30)42-26-10-8-6-4-2/h11-12,15-18,27-28,35-36,39-40H,3-10,13-14,19-26H2,1-2H3. The molecule has 0 saturated carbocycles. The summed E-state index contributed by atoms with van der Waals surface area (Å²) in [5.41, 5.74) is 1.31. The summed E-state index contributed by atoms with van der Waals surface area (Å²) in [5, 5.41) is 27.3. The number of unbranched alkanes of at least 4 members (excludes halogenated alkanes) is 6. The van der Waals surface area contributed by atoms with E-state index in [1.807, 2.05) is 12.1 Å². The number of rotatable bonds is 25. The Kier molecular flexibility index (Phi) is 19.6. The minimum Gasteiger partial charge on any atom is -0.507 e. The van der Waals surface area contributed by atoms with Gasteiger partial charge in [0, 0.05) is 38.6 Å². The first-order valence-electron chi connectivity index (χ1n) is 16.0. The van der Waals surface area contributed by atoms with Crippen LogP contribution in [0.15, 0.2) is 46.4 Å². The maximum absolute atomic E-state index is 10.2. The molecule has 0 aliphatic heterocycles. The van der Waals surface area contributed by atoms with E-state index in [1.54, 1.807) is 36.7 Å². The van der Waals surface area contributed by atoms with Gasteiger partial charge in [-0.15, -0.1) is 0 Å². The number of phenols is 2. The molecule has 8 heteroatoms. The maximum Gasteiger partial charge on any atom is 0.131 e. The molecule has 0 radical (unpaired) electrons. The summed E-state index contributed by atoms with van der Waals surface area (Å²) in [4.78, 5) is 8.99. The van der Waals surface area contributed by atoms with E-state index in [2.05, 4.69) is 34.5 Å². The molecule has 234 valence electrons. The minimum absolute atomic E-state index is 0.199. The SMILES string of the molecule is CCCCCCOc1cccc(O)c1C=NCCCNCCNCCCN=Cc1c(O)cccc1OCCCCCC. The lowest BCUT2D eigenvalue weighted by Crippen LogP contribution is -2.29. The van der Waals surface area contributed by atoms with Gasteiger partial charge in [0.05, 0.1) is 24.3 Å². The van der Waals surface area contributed by atoms with Crippen LogP contribution < -0.4 is 20.1 Å². The van der Waals surface area contributed by atoms with Crippen molar-refractivity contribution in [2.45, 2.75) is 78.1 Å². The molecule has 2 aromatic rings. The van der Waals surface area contributed by atoms with Crippen LogP contribution in [0.3, 0.4) is 0 Å². The molecule has 0 atom stereocenters. The van der Waals surface area contributed by atoms with Crippen molar-refractivity contribution in [2.24, 2.45) is 9.98 Å². The molecular weight excluding hydrogens is 528 g/mol. The zero-order chi connectivity index (χ0) is 30.1. The number of ether oxygens (including phenoxy) is 2. The van der Waals surface area contributed by atoms with Crippen LogP contribution in [-0.4, -0.2) is 75.1 Å². The van der Waals surface area contributed by atoms with Gasteiger partial charge in [-0.1, -0.05) is 64.5 Å². The average molecular weight is 583 g/mol. The number of nitrogens with one attached hydrogen (secondary N) is 2.